The molecule has 0 radical (unpaired) electrons. The highest BCUT2D eigenvalue weighted by Crippen LogP contribution is 2.16. The number of halogens is 3. The zero-order valence-corrected chi connectivity index (χ0v) is 10.2. The van der Waals surface area contributed by atoms with E-state index in [9.17, 15) is 18.0 Å². The maximum atomic E-state index is 13.4. The first-order chi connectivity index (χ1) is 8.38. The second-order valence-corrected chi connectivity index (χ2v) is 4.25. The Balaban J connectivity index is 2.94. The van der Waals surface area contributed by atoms with E-state index in [1.165, 1.54) is 11.9 Å². The highest BCUT2D eigenvalue weighted by atomic mass is 19.2. The normalized spacial score (nSPS) is 12.3. The Kier molecular flexibility index (Phi) is 4.72. The van der Waals surface area contributed by atoms with Gasteiger partial charge in [0.15, 0.2) is 17.5 Å². The summed E-state index contributed by atoms with van der Waals surface area (Å²) < 4.78 is 39.1. The molecule has 0 aliphatic rings. The van der Waals surface area contributed by atoms with Crippen molar-refractivity contribution >= 4 is 5.91 Å². The third-order valence-corrected chi connectivity index (χ3v) is 2.60. The predicted molar refractivity (Wildman–Crippen MR) is 61.5 cm³/mol. The van der Waals surface area contributed by atoms with Crippen LogP contribution in [0.15, 0.2) is 12.1 Å². The number of rotatable bonds is 4. The number of nitrogens with zero attached hydrogens (tertiary/aromatic N) is 1. The summed E-state index contributed by atoms with van der Waals surface area (Å²) in [5.74, 6) is -5.09. The number of carbonyl (C=O) groups is 1. The quantitative estimate of drug-likeness (QED) is 0.839. The number of amides is 1. The first-order valence-electron chi connectivity index (χ1n) is 5.47. The molecule has 6 heteroatoms. The monoisotopic (exact) mass is 260 g/mol. The second-order valence-electron chi connectivity index (χ2n) is 4.25. The van der Waals surface area contributed by atoms with Crippen LogP contribution in [0.2, 0.25) is 0 Å². The summed E-state index contributed by atoms with van der Waals surface area (Å²) >= 11 is 0. The molecule has 0 fully saturated rings. The molecule has 1 amide bonds. The number of benzene rings is 1. The lowest BCUT2D eigenvalue weighted by atomic mass is 10.1. The van der Waals surface area contributed by atoms with Crippen molar-refractivity contribution in [2.75, 3.05) is 20.1 Å². The van der Waals surface area contributed by atoms with Crippen LogP contribution in [-0.2, 0) is 0 Å². The molecule has 0 aliphatic carbocycles. The third-order valence-electron chi connectivity index (χ3n) is 2.60. The van der Waals surface area contributed by atoms with Gasteiger partial charge in [0.1, 0.15) is 0 Å². The fourth-order valence-corrected chi connectivity index (χ4v) is 1.52. The summed E-state index contributed by atoms with van der Waals surface area (Å²) in [6, 6.07) is 1.66. The minimum absolute atomic E-state index is 0.0345. The number of nitrogens with two attached hydrogens (primary N) is 1. The van der Waals surface area contributed by atoms with Crippen LogP contribution < -0.4 is 5.73 Å². The number of hydrogen-bond acceptors (Lipinski definition) is 2. The lowest BCUT2D eigenvalue weighted by Crippen LogP contribution is -2.34. The van der Waals surface area contributed by atoms with Crippen molar-refractivity contribution in [2.45, 2.75) is 6.92 Å². The van der Waals surface area contributed by atoms with Gasteiger partial charge in [0.25, 0.3) is 5.91 Å². The molecule has 0 saturated carbocycles. The molecule has 0 bridgehead atoms. The summed E-state index contributed by atoms with van der Waals surface area (Å²) in [5, 5.41) is 0. The van der Waals surface area contributed by atoms with Gasteiger partial charge >= 0.3 is 0 Å². The first kappa shape index (κ1) is 14.5. The van der Waals surface area contributed by atoms with Gasteiger partial charge in [-0.3, -0.25) is 4.79 Å². The van der Waals surface area contributed by atoms with Gasteiger partial charge in [-0.1, -0.05) is 6.92 Å². The summed E-state index contributed by atoms with van der Waals surface area (Å²) in [6.45, 7) is 2.51. The maximum Gasteiger partial charge on any atom is 0.256 e. The molecule has 1 unspecified atom stereocenters. The van der Waals surface area contributed by atoms with Gasteiger partial charge in [0.2, 0.25) is 0 Å². The fourth-order valence-electron chi connectivity index (χ4n) is 1.52. The second kappa shape index (κ2) is 5.86. The zero-order chi connectivity index (χ0) is 13.9. The van der Waals surface area contributed by atoms with Crippen molar-refractivity contribution in [3.05, 3.63) is 35.1 Å². The molecule has 1 aromatic carbocycles. The molecule has 1 aromatic rings. The smallest absolute Gasteiger partial charge is 0.256 e. The van der Waals surface area contributed by atoms with Gasteiger partial charge in [-0.15, -0.1) is 0 Å². The van der Waals surface area contributed by atoms with E-state index in [1.807, 2.05) is 6.92 Å². The molecular weight excluding hydrogens is 245 g/mol. The van der Waals surface area contributed by atoms with Crippen LogP contribution >= 0.6 is 0 Å². The van der Waals surface area contributed by atoms with Crippen molar-refractivity contribution < 1.29 is 18.0 Å². The van der Waals surface area contributed by atoms with Crippen molar-refractivity contribution in [1.82, 2.24) is 4.90 Å². The Hall–Kier alpha value is -1.56. The van der Waals surface area contributed by atoms with Gasteiger partial charge < -0.3 is 10.6 Å². The average molecular weight is 260 g/mol. The van der Waals surface area contributed by atoms with Gasteiger partial charge in [0.05, 0.1) is 5.56 Å². The van der Waals surface area contributed by atoms with E-state index in [1.54, 1.807) is 0 Å². The Morgan fingerprint density at radius 2 is 1.94 bits per heavy atom. The van der Waals surface area contributed by atoms with Crippen LogP contribution in [0.5, 0.6) is 0 Å². The van der Waals surface area contributed by atoms with Crippen LogP contribution in [0.1, 0.15) is 17.3 Å². The molecule has 1 rings (SSSR count). The summed E-state index contributed by atoms with van der Waals surface area (Å²) in [5.41, 5.74) is 4.93. The topological polar surface area (TPSA) is 46.3 Å². The summed E-state index contributed by atoms with van der Waals surface area (Å²) in [6.07, 6.45) is 0. The number of hydrogen-bond donors (Lipinski definition) is 1. The minimum Gasteiger partial charge on any atom is -0.341 e. The molecule has 2 N–H and O–H groups in total. The highest BCUT2D eigenvalue weighted by molar-refractivity contribution is 5.94. The molecule has 0 saturated heterocycles. The SMILES string of the molecule is CC(CN)CN(C)C(=O)c1ccc(F)c(F)c1F. The molecular formula is C12H15F3N2O. The zero-order valence-electron chi connectivity index (χ0n) is 10.2. The number of carbonyl (C=O) groups excluding carboxylic acids is 1. The van der Waals surface area contributed by atoms with E-state index in [4.69, 9.17) is 5.73 Å². The van der Waals surface area contributed by atoms with E-state index in [0.717, 1.165) is 12.1 Å². The lowest BCUT2D eigenvalue weighted by Gasteiger charge is -2.21. The van der Waals surface area contributed by atoms with E-state index in [-0.39, 0.29) is 5.92 Å². The van der Waals surface area contributed by atoms with Crippen LogP contribution in [0.25, 0.3) is 0 Å². The Bertz CT molecular complexity index is 451. The predicted octanol–water partition coefficient (Wildman–Crippen LogP) is 1.77. The molecule has 0 spiro atoms. The van der Waals surface area contributed by atoms with Gasteiger partial charge in [-0.25, -0.2) is 13.2 Å². The Labute approximate surface area is 103 Å². The fraction of sp³-hybridized carbons (Fsp3) is 0.417. The standard InChI is InChI=1S/C12H15F3N2O/c1-7(5-16)6-17(2)12(18)8-3-4-9(13)11(15)10(8)14/h3-4,7H,5-6,16H2,1-2H3. The van der Waals surface area contributed by atoms with E-state index < -0.39 is 28.9 Å². The first-order valence-corrected chi connectivity index (χ1v) is 5.47. The molecule has 3 nitrogen and oxygen atoms in total. The lowest BCUT2D eigenvalue weighted by molar-refractivity contribution is 0.0771. The maximum absolute atomic E-state index is 13.4. The van der Waals surface area contributed by atoms with E-state index in [2.05, 4.69) is 0 Å². The van der Waals surface area contributed by atoms with E-state index >= 15 is 0 Å². The van der Waals surface area contributed by atoms with Crippen molar-refractivity contribution in [1.29, 1.82) is 0 Å². The summed E-state index contributed by atoms with van der Waals surface area (Å²) in [7, 11) is 1.45. The van der Waals surface area contributed by atoms with Gasteiger partial charge in [-0.05, 0) is 24.6 Å². The third kappa shape index (κ3) is 3.01. The van der Waals surface area contributed by atoms with Crippen molar-refractivity contribution in [2.24, 2.45) is 11.7 Å². The van der Waals surface area contributed by atoms with Crippen LogP contribution in [0.3, 0.4) is 0 Å². The molecule has 0 aliphatic heterocycles. The van der Waals surface area contributed by atoms with Crippen LogP contribution in [0.4, 0.5) is 13.2 Å². The molecule has 1 atom stereocenters. The Morgan fingerprint density at radius 1 is 1.33 bits per heavy atom. The molecule has 18 heavy (non-hydrogen) atoms. The Morgan fingerprint density at radius 3 is 2.50 bits per heavy atom. The van der Waals surface area contributed by atoms with Crippen molar-refractivity contribution in [3.8, 4) is 0 Å². The van der Waals surface area contributed by atoms with Gasteiger partial charge in [0, 0.05) is 13.6 Å². The summed E-state index contributed by atoms with van der Waals surface area (Å²) in [4.78, 5) is 13.1. The van der Waals surface area contributed by atoms with Crippen LogP contribution in [-0.4, -0.2) is 30.9 Å². The highest BCUT2D eigenvalue weighted by Gasteiger charge is 2.21. The largest absolute Gasteiger partial charge is 0.341 e. The van der Waals surface area contributed by atoms with Gasteiger partial charge in [-0.2, -0.15) is 0 Å². The molecule has 100 valence electrons. The molecule has 0 aromatic heterocycles. The van der Waals surface area contributed by atoms with Crippen LogP contribution in [0, 0.1) is 23.4 Å². The minimum atomic E-state index is -1.64. The van der Waals surface area contributed by atoms with Crippen molar-refractivity contribution in [3.63, 3.8) is 0 Å². The molecule has 0 heterocycles. The van der Waals surface area contributed by atoms with E-state index in [0.29, 0.717) is 13.1 Å². The average Bonchev–Trinajstić information content (AvgIpc) is 2.35.